The number of carbonyl (C=O) groups excluding carboxylic acids is 2. The molecule has 2 amide bonds. The van der Waals surface area contributed by atoms with Crippen LogP contribution in [0.4, 0.5) is 23.2 Å². The highest BCUT2D eigenvalue weighted by atomic mass is 32.2. The number of carbonyl (C=O) groups is 2. The summed E-state index contributed by atoms with van der Waals surface area (Å²) in [7, 11) is -3.68. The molecule has 41 heavy (non-hydrogen) atoms. The molecule has 14 heteroatoms. The van der Waals surface area contributed by atoms with E-state index in [1.807, 2.05) is 11.6 Å². The van der Waals surface area contributed by atoms with Gasteiger partial charge in [-0.25, -0.2) is 17.8 Å². The van der Waals surface area contributed by atoms with E-state index < -0.39 is 39.5 Å². The van der Waals surface area contributed by atoms with Crippen LogP contribution in [0.3, 0.4) is 0 Å². The molecule has 4 N–H and O–H groups in total. The summed E-state index contributed by atoms with van der Waals surface area (Å²) >= 11 is 0. The molecule has 1 aromatic heterocycles. The molecule has 0 radical (unpaired) electrons. The van der Waals surface area contributed by atoms with Gasteiger partial charge in [0.1, 0.15) is 11.5 Å². The van der Waals surface area contributed by atoms with E-state index in [2.05, 4.69) is 16.0 Å². The molecule has 2 aromatic rings. The minimum absolute atomic E-state index is 0.138. The van der Waals surface area contributed by atoms with Crippen molar-refractivity contribution in [2.75, 3.05) is 17.6 Å². The Morgan fingerprint density at radius 3 is 2.27 bits per heavy atom. The van der Waals surface area contributed by atoms with Gasteiger partial charge in [-0.2, -0.15) is 13.2 Å². The van der Waals surface area contributed by atoms with Gasteiger partial charge in [0.25, 0.3) is 0 Å². The second kappa shape index (κ2) is 16.1. The predicted octanol–water partition coefficient (Wildman–Crippen LogP) is 5.18. The van der Waals surface area contributed by atoms with E-state index in [4.69, 9.17) is 4.74 Å². The molecule has 1 atom stereocenters. The van der Waals surface area contributed by atoms with Crippen LogP contribution < -0.4 is 20.5 Å². The molecule has 0 spiro atoms. The van der Waals surface area contributed by atoms with Crippen molar-refractivity contribution < 1.29 is 40.3 Å². The van der Waals surface area contributed by atoms with Gasteiger partial charge in [0.15, 0.2) is 0 Å². The first kappa shape index (κ1) is 35.6. The van der Waals surface area contributed by atoms with Crippen LogP contribution in [-0.2, 0) is 32.3 Å². The summed E-state index contributed by atoms with van der Waals surface area (Å²) in [6, 6.07) is 4.58. The lowest BCUT2D eigenvalue weighted by Crippen LogP contribution is -2.28. The molecule has 0 saturated heterocycles. The SMILES string of the molecule is CCC(N)=O.CCCCCCOc1nc(C(F)(F)F)cc(C)c1CNC(=O)C(C)c1ccc(NS(C)(=O)=O)c(F)c1. The van der Waals surface area contributed by atoms with E-state index in [9.17, 15) is 35.6 Å². The summed E-state index contributed by atoms with van der Waals surface area (Å²) in [5, 5.41) is 2.65. The van der Waals surface area contributed by atoms with Crippen molar-refractivity contribution in [1.29, 1.82) is 0 Å². The Morgan fingerprint density at radius 1 is 1.12 bits per heavy atom. The fraction of sp³-hybridized carbons (Fsp3) is 0.519. The number of halogens is 4. The van der Waals surface area contributed by atoms with Crippen LogP contribution in [-0.4, -0.2) is 38.1 Å². The number of unbranched alkanes of at least 4 members (excludes halogenated alkanes) is 3. The average Bonchev–Trinajstić information content (AvgIpc) is 2.87. The van der Waals surface area contributed by atoms with Gasteiger partial charge in [-0.15, -0.1) is 0 Å². The monoisotopic (exact) mass is 606 g/mol. The van der Waals surface area contributed by atoms with Crippen molar-refractivity contribution in [2.45, 2.75) is 78.4 Å². The summed E-state index contributed by atoms with van der Waals surface area (Å²) in [6.45, 7) is 6.82. The largest absolute Gasteiger partial charge is 0.477 e. The lowest BCUT2D eigenvalue weighted by atomic mass is 9.99. The average molecular weight is 607 g/mol. The quantitative estimate of drug-likeness (QED) is 0.212. The Morgan fingerprint density at radius 2 is 1.76 bits per heavy atom. The fourth-order valence-electron chi connectivity index (χ4n) is 3.41. The number of sulfonamides is 1. The van der Waals surface area contributed by atoms with E-state index in [-0.39, 0.29) is 36.2 Å². The summed E-state index contributed by atoms with van der Waals surface area (Å²) in [6.07, 6.45) is 0.181. The number of benzene rings is 1. The number of ether oxygens (including phenoxy) is 1. The molecule has 1 aromatic carbocycles. The van der Waals surface area contributed by atoms with E-state index in [0.717, 1.165) is 37.7 Å². The molecule has 0 aliphatic carbocycles. The van der Waals surface area contributed by atoms with Crippen LogP contribution in [0.5, 0.6) is 5.88 Å². The summed E-state index contributed by atoms with van der Waals surface area (Å²) in [5.74, 6) is -2.61. The van der Waals surface area contributed by atoms with Crippen molar-refractivity contribution in [2.24, 2.45) is 5.73 Å². The molecule has 9 nitrogen and oxygen atoms in total. The maximum atomic E-state index is 14.3. The van der Waals surface area contributed by atoms with Crippen molar-refractivity contribution in [3.05, 3.63) is 52.5 Å². The number of nitrogens with two attached hydrogens (primary N) is 1. The molecule has 0 bridgehead atoms. The van der Waals surface area contributed by atoms with E-state index >= 15 is 0 Å². The van der Waals surface area contributed by atoms with Crippen LogP contribution in [0.15, 0.2) is 24.3 Å². The molecule has 1 heterocycles. The second-order valence-corrected chi connectivity index (χ2v) is 11.1. The minimum Gasteiger partial charge on any atom is -0.477 e. The van der Waals surface area contributed by atoms with Crippen LogP contribution in [0.1, 0.15) is 81.2 Å². The Bertz CT molecular complexity index is 1290. The van der Waals surface area contributed by atoms with Gasteiger partial charge in [-0.3, -0.25) is 14.3 Å². The third-order valence-electron chi connectivity index (χ3n) is 5.81. The lowest BCUT2D eigenvalue weighted by molar-refractivity contribution is -0.141. The van der Waals surface area contributed by atoms with E-state index in [0.29, 0.717) is 24.0 Å². The zero-order valence-electron chi connectivity index (χ0n) is 23.8. The number of hydrogen-bond acceptors (Lipinski definition) is 6. The van der Waals surface area contributed by atoms with Crippen molar-refractivity contribution in [3.63, 3.8) is 0 Å². The molecular formula is C27H38F4N4O5S. The van der Waals surface area contributed by atoms with Crippen molar-refractivity contribution >= 4 is 27.5 Å². The smallest absolute Gasteiger partial charge is 0.433 e. The number of anilines is 1. The Labute approximate surface area is 238 Å². The Kier molecular flexibility index (Phi) is 14.0. The van der Waals surface area contributed by atoms with Gasteiger partial charge >= 0.3 is 6.18 Å². The summed E-state index contributed by atoms with van der Waals surface area (Å²) in [5.41, 5.74) is 4.19. The molecule has 2 rings (SSSR count). The number of aromatic nitrogens is 1. The number of aryl methyl sites for hydroxylation is 1. The number of amides is 2. The zero-order chi connectivity index (χ0) is 31.4. The first-order valence-electron chi connectivity index (χ1n) is 13.0. The van der Waals surface area contributed by atoms with Gasteiger partial charge in [0, 0.05) is 18.5 Å². The van der Waals surface area contributed by atoms with Gasteiger partial charge in [-0.1, -0.05) is 39.2 Å². The zero-order valence-corrected chi connectivity index (χ0v) is 24.6. The minimum atomic E-state index is -4.65. The number of primary amides is 1. The van der Waals surface area contributed by atoms with Gasteiger partial charge < -0.3 is 15.8 Å². The van der Waals surface area contributed by atoms with Crippen molar-refractivity contribution in [3.8, 4) is 5.88 Å². The third kappa shape index (κ3) is 12.7. The summed E-state index contributed by atoms with van der Waals surface area (Å²) in [4.78, 5) is 26.0. The first-order chi connectivity index (χ1) is 19.0. The molecule has 1 unspecified atom stereocenters. The molecule has 0 saturated carbocycles. The predicted molar refractivity (Wildman–Crippen MR) is 148 cm³/mol. The van der Waals surface area contributed by atoms with Gasteiger partial charge in [0.05, 0.1) is 24.5 Å². The number of pyridine rings is 1. The molecule has 0 fully saturated rings. The lowest BCUT2D eigenvalue weighted by Gasteiger charge is -2.18. The summed E-state index contributed by atoms with van der Waals surface area (Å²) < 4.78 is 84.4. The fourth-order valence-corrected chi connectivity index (χ4v) is 3.98. The number of nitrogens with zero attached hydrogens (tertiary/aromatic N) is 1. The third-order valence-corrected chi connectivity index (χ3v) is 6.40. The van der Waals surface area contributed by atoms with Crippen LogP contribution in [0.2, 0.25) is 0 Å². The normalized spacial score (nSPS) is 12.1. The standard InChI is InChI=1S/C24H31F4N3O4S.C3H7NO/c1-5-6-7-8-11-35-23-18(15(2)12-21(30-23)24(26,27)28)14-29-22(32)16(3)17-9-10-20(19(25)13-17)31-36(4,33)34;1-2-3(4)5/h9-10,12-13,16,31H,5-8,11,14H2,1-4H3,(H,29,32);2H2,1H3,(H2,4,5). The maximum absolute atomic E-state index is 14.3. The highest BCUT2D eigenvalue weighted by molar-refractivity contribution is 7.92. The Hall–Kier alpha value is -3.42. The highest BCUT2D eigenvalue weighted by Gasteiger charge is 2.34. The number of hydrogen-bond donors (Lipinski definition) is 3. The molecule has 230 valence electrons. The van der Waals surface area contributed by atoms with E-state index in [1.165, 1.54) is 26.0 Å². The second-order valence-electron chi connectivity index (χ2n) is 9.39. The first-order valence-corrected chi connectivity index (χ1v) is 14.9. The number of alkyl halides is 3. The Balaban J connectivity index is 0.00000154. The molecule has 0 aliphatic rings. The van der Waals surface area contributed by atoms with Gasteiger partial charge in [0.2, 0.25) is 27.7 Å². The topological polar surface area (TPSA) is 140 Å². The van der Waals surface area contributed by atoms with Crippen LogP contribution in [0.25, 0.3) is 0 Å². The highest BCUT2D eigenvalue weighted by Crippen LogP contribution is 2.32. The van der Waals surface area contributed by atoms with Crippen LogP contribution in [0, 0.1) is 12.7 Å². The molecular weight excluding hydrogens is 568 g/mol. The number of rotatable bonds is 13. The van der Waals surface area contributed by atoms with E-state index in [1.54, 1.807) is 6.92 Å². The molecule has 0 aliphatic heterocycles. The van der Waals surface area contributed by atoms with Crippen LogP contribution >= 0.6 is 0 Å². The van der Waals surface area contributed by atoms with Gasteiger partial charge in [-0.05, 0) is 49.6 Å². The maximum Gasteiger partial charge on any atom is 0.433 e. The van der Waals surface area contributed by atoms with Crippen molar-refractivity contribution in [1.82, 2.24) is 10.3 Å². The number of nitrogens with one attached hydrogen (secondary N) is 2.